The first-order valence-electron chi connectivity index (χ1n) is 55.9. The van der Waals surface area contributed by atoms with Gasteiger partial charge in [-0.25, -0.2) is 0 Å². The number of hydrogen-bond donors (Lipinski definition) is 10. The number of ketones is 6. The van der Waals surface area contributed by atoms with Crippen molar-refractivity contribution in [3.8, 4) is 0 Å². The van der Waals surface area contributed by atoms with Gasteiger partial charge >= 0.3 is 0 Å². The summed E-state index contributed by atoms with van der Waals surface area (Å²) in [6.07, 6.45) is 20.3. The van der Waals surface area contributed by atoms with Crippen molar-refractivity contribution < 1.29 is 135 Å². The van der Waals surface area contributed by atoms with Crippen LogP contribution in [0.2, 0.25) is 0 Å². The van der Waals surface area contributed by atoms with Gasteiger partial charge in [0.2, 0.25) is 35.4 Å². The molecule has 149 heavy (non-hydrogen) atoms. The third-order valence-electron chi connectivity index (χ3n) is 25.6. The number of unbranched alkanes of at least 4 members (excludes halogenated alkanes) is 6. The minimum atomic E-state index is -0.430. The van der Waals surface area contributed by atoms with E-state index in [4.69, 9.17) is 77.8 Å². The van der Waals surface area contributed by atoms with Crippen molar-refractivity contribution >= 4 is 70.1 Å². The number of carbonyl (C=O) groups is 12. The first-order valence-corrected chi connectivity index (χ1v) is 55.9. The third-order valence-corrected chi connectivity index (χ3v) is 25.6. The van der Waals surface area contributed by atoms with E-state index in [0.29, 0.717) is 403 Å². The van der Waals surface area contributed by atoms with Gasteiger partial charge in [0.1, 0.15) is 47.2 Å². The quantitative estimate of drug-likeness (QED) is 0.0200. The molecule has 0 aromatic carbocycles. The lowest BCUT2D eigenvalue weighted by Gasteiger charge is -2.33. The third kappa shape index (κ3) is 87.9. The highest BCUT2D eigenvalue weighted by atomic mass is 16.5. The summed E-state index contributed by atoms with van der Waals surface area (Å²) in [5, 5.41) is 23.1. The number of nitrogens with one attached hydrogen (secondary N) is 8. The van der Waals surface area contributed by atoms with E-state index in [1.807, 2.05) is 69.5 Å². The van der Waals surface area contributed by atoms with Crippen LogP contribution in [-0.2, 0) is 124 Å². The van der Waals surface area contributed by atoms with Gasteiger partial charge in [0, 0.05) is 235 Å². The summed E-state index contributed by atoms with van der Waals surface area (Å²) >= 11 is 0. The normalized spacial score (nSPS) is 14.7. The maximum atomic E-state index is 13.0. The van der Waals surface area contributed by atoms with Crippen LogP contribution in [0.3, 0.4) is 0 Å². The molecule has 0 rings (SSSR count). The Morgan fingerprint density at radius 2 is 0.550 bits per heavy atom. The molecule has 0 spiro atoms. The van der Waals surface area contributed by atoms with E-state index in [9.17, 15) is 57.5 Å². The first kappa shape index (κ1) is 149. The number of ether oxygens (including phenoxy) is 14. The number of hydrogen-bond acceptors (Lipinski definition) is 30. The topological polar surface area (TPSA) is 545 Å². The molecule has 0 saturated heterocycles. The zero-order chi connectivity index (χ0) is 110. The zero-order valence-electron chi connectivity index (χ0n) is 96.3. The molecular weight excluding hydrogens is 1920 g/mol. The second-order valence-electron chi connectivity index (χ2n) is 41.8. The van der Waals surface area contributed by atoms with Crippen molar-refractivity contribution in [2.45, 2.75) is 378 Å². The first-order chi connectivity index (χ1) is 70.3. The highest BCUT2D eigenvalue weighted by Crippen LogP contribution is 2.30. The molecule has 6 amide bonds. The summed E-state index contributed by atoms with van der Waals surface area (Å²) in [5.74, 6) is 1.13. The summed E-state index contributed by atoms with van der Waals surface area (Å²) in [5.41, 5.74) is 10.1. The van der Waals surface area contributed by atoms with E-state index in [1.54, 1.807) is 14.1 Å². The highest BCUT2D eigenvalue weighted by molar-refractivity contribution is 5.82. The van der Waals surface area contributed by atoms with Gasteiger partial charge in [0.15, 0.2) is 0 Å². The van der Waals surface area contributed by atoms with Crippen molar-refractivity contribution in [1.82, 2.24) is 42.5 Å². The molecule has 12 unspecified atom stereocenters. The maximum Gasteiger partial charge on any atom is 0.221 e. The predicted molar refractivity (Wildman–Crippen MR) is 584 cm³/mol. The molecule has 0 aromatic rings. The van der Waals surface area contributed by atoms with E-state index in [0.717, 1.165) is 38.6 Å². The van der Waals surface area contributed by atoms with Crippen molar-refractivity contribution in [3.63, 3.8) is 0 Å². The van der Waals surface area contributed by atoms with Crippen molar-refractivity contribution in [2.75, 3.05) is 220 Å². The van der Waals surface area contributed by atoms with Crippen molar-refractivity contribution in [2.24, 2.45) is 56.8 Å². The van der Waals surface area contributed by atoms with Gasteiger partial charge in [0.05, 0.1) is 126 Å². The molecule has 0 aromatic heterocycles. The molecule has 878 valence electrons. The lowest BCUT2D eigenvalue weighted by Crippen LogP contribution is -2.41. The standard InChI is InChI=1S/C59H113N5O13.C52H99N5O13.2H2O/c1-14-58(41-74-35-48(8)60,39-72-33-47(7)30-54(67)24-18-21-27-57(70)64-51(11)77-31-44(3)4)38-71-32-46(6)29-53(66)23-17-20-26-56(69)63-50(10)37-76-43-59(15-2,42-75-36-49(9)61-12)40-73-34-45(5)28-52(65)22-16-19-25-55(68)62-13;1-7-31-70-44(4)57-50(63)27-15-12-21-47(60)24-18-33-65-39-51(8-2,41-67-35-28-53)38-64-32-17-23-46(59)20-11-14-26-49(62)56-30-37-69-43-52(9-3,42-68-36-29-54-5)40-66-34-16-22-45(58)19-10-13-25-48(61)55-6;;/h44-51,61H,14-43,60H2,1-13H3,(H,62,68)(H,63,69)(H,64,70);44,54H,7-43,53H2,1-6H3,(H,55,61)(H,56,62)(H,57,63);2*1H2. The average Bonchev–Trinajstić information content (AvgIpc) is 0.884. The van der Waals surface area contributed by atoms with Gasteiger partial charge in [0.25, 0.3) is 0 Å². The maximum absolute atomic E-state index is 13.0. The van der Waals surface area contributed by atoms with Crippen LogP contribution in [0.15, 0.2) is 0 Å². The lowest BCUT2D eigenvalue weighted by atomic mass is 9.87. The fraction of sp³-hybridized carbons (Fsp3) is 0.892. The summed E-state index contributed by atoms with van der Waals surface area (Å²) in [6, 6.07) is -0.157. The Kier molecular flexibility index (Phi) is 97.9. The number of rotatable bonds is 106. The molecule has 0 saturated carbocycles. The number of likely N-dealkylation sites (N-methyl/N-ethyl adjacent to an activating group) is 2. The van der Waals surface area contributed by atoms with Gasteiger partial charge in [-0.2, -0.15) is 0 Å². The van der Waals surface area contributed by atoms with Crippen LogP contribution < -0.4 is 54.0 Å². The van der Waals surface area contributed by atoms with Gasteiger partial charge in [-0.15, -0.1) is 0 Å². The van der Waals surface area contributed by atoms with Crippen LogP contribution >= 0.6 is 0 Å². The number of amides is 6. The van der Waals surface area contributed by atoms with Crippen molar-refractivity contribution in [1.29, 1.82) is 0 Å². The summed E-state index contributed by atoms with van der Waals surface area (Å²) in [6.45, 7) is 42.8. The Labute approximate surface area is 897 Å². The summed E-state index contributed by atoms with van der Waals surface area (Å²) in [4.78, 5) is 148. The van der Waals surface area contributed by atoms with Crippen LogP contribution in [0, 0.1) is 45.3 Å². The molecule has 38 heteroatoms. The second kappa shape index (κ2) is 97.7. The molecular formula is C111H216N10O28. The van der Waals surface area contributed by atoms with E-state index in [2.05, 4.69) is 91.0 Å². The second-order valence-corrected chi connectivity index (χ2v) is 41.8. The number of carbonyl (C=O) groups excluding carboxylic acids is 12. The van der Waals surface area contributed by atoms with E-state index in [1.165, 1.54) is 0 Å². The molecule has 0 heterocycles. The van der Waals surface area contributed by atoms with Crippen molar-refractivity contribution in [3.05, 3.63) is 0 Å². The van der Waals surface area contributed by atoms with Crippen LogP contribution in [0.4, 0.5) is 0 Å². The number of nitrogens with two attached hydrogens (primary N) is 2. The Morgan fingerprint density at radius 3 is 0.866 bits per heavy atom. The van der Waals surface area contributed by atoms with Crippen LogP contribution in [0.25, 0.3) is 0 Å². The molecule has 0 aliphatic rings. The predicted octanol–water partition coefficient (Wildman–Crippen LogP) is 11.6. The Bertz CT molecular complexity index is 3380. The van der Waals surface area contributed by atoms with E-state index >= 15 is 0 Å². The molecule has 0 radical (unpaired) electrons. The highest BCUT2D eigenvalue weighted by Gasteiger charge is 2.35. The molecule has 0 aliphatic heterocycles. The summed E-state index contributed by atoms with van der Waals surface area (Å²) in [7, 11) is 7.00. The number of Topliss-reactive ketones (excluding diaryl/α,β-unsaturated/α-hetero) is 6. The Morgan fingerprint density at radius 1 is 0.275 bits per heavy atom. The minimum Gasteiger partial charge on any atom is -0.412 e. The zero-order valence-corrected chi connectivity index (χ0v) is 96.3. The molecule has 0 aliphatic carbocycles. The smallest absolute Gasteiger partial charge is 0.221 e. The van der Waals surface area contributed by atoms with Crippen LogP contribution in [0.1, 0.15) is 348 Å². The molecule has 12 atom stereocenters. The molecule has 38 nitrogen and oxygen atoms in total. The van der Waals surface area contributed by atoms with Gasteiger partial charge in [-0.05, 0) is 201 Å². The minimum absolute atomic E-state index is 0. The SMILES string of the molecule is CCC(COCC(C)N)(COCC(C)CC(=O)CCCCC(=O)NC(C)COCC(CC)(COCC(C)CC(=O)CCCCC(=O)NC)COCC(C)NC)COCC(C)CC(=O)CCCCC(=O)NC(C)OCC(C)C.CCCOC(C)NC(=O)CCCCC(=O)CCCOCC(CC)(COCCN)COCCCC(=O)CCCCC(=O)NCCOCC(CC)(COCCCC(=O)CCCCC(=O)NC)COCCNC.O.O. The largest absolute Gasteiger partial charge is 0.412 e. The molecule has 0 bridgehead atoms. The van der Waals surface area contributed by atoms with Gasteiger partial charge in [-0.1, -0.05) is 69.2 Å². The van der Waals surface area contributed by atoms with Crippen LogP contribution in [0.5, 0.6) is 0 Å². The van der Waals surface area contributed by atoms with Gasteiger partial charge < -0.3 is 131 Å². The van der Waals surface area contributed by atoms with E-state index < -0.39 is 10.8 Å². The molecule has 16 N–H and O–H groups in total. The fourth-order valence-electron chi connectivity index (χ4n) is 15.7. The Hall–Kier alpha value is -5.96. The fourth-order valence-corrected chi connectivity index (χ4v) is 15.7. The van der Waals surface area contributed by atoms with E-state index in [-0.39, 0.29) is 140 Å². The van der Waals surface area contributed by atoms with Crippen LogP contribution in [-0.4, -0.2) is 331 Å². The van der Waals surface area contributed by atoms with Gasteiger partial charge in [-0.3, -0.25) is 57.5 Å². The lowest BCUT2D eigenvalue weighted by molar-refractivity contribution is -0.126. The molecule has 0 fully saturated rings. The monoisotopic (exact) mass is 2140 g/mol. The average molecular weight is 2140 g/mol. The Balaban J connectivity index is -0.00000140. The summed E-state index contributed by atoms with van der Waals surface area (Å²) < 4.78 is 84.1.